The normalized spacial score (nSPS) is 12.5. The van der Waals surface area contributed by atoms with Gasteiger partial charge < -0.3 is 43.2 Å². The fraction of sp³-hybridized carbons (Fsp3) is 0.500. The average molecular weight is 588 g/mol. The number of benzene rings is 1. The van der Waals surface area contributed by atoms with E-state index >= 15 is 0 Å². The summed E-state index contributed by atoms with van der Waals surface area (Å²) in [5.41, 5.74) is 11.6. The lowest BCUT2D eigenvalue weighted by atomic mass is 10.1. The summed E-state index contributed by atoms with van der Waals surface area (Å²) in [7, 11) is 0. The van der Waals surface area contributed by atoms with Crippen LogP contribution in [-0.4, -0.2) is 84.9 Å². The second-order valence-electron chi connectivity index (χ2n) is 9.44. The summed E-state index contributed by atoms with van der Waals surface area (Å²) in [5, 5.41) is 21.5. The number of carboxylic acids is 1. The van der Waals surface area contributed by atoms with Gasteiger partial charge in [0.25, 0.3) is 5.91 Å². The van der Waals surface area contributed by atoms with Gasteiger partial charge in [-0.2, -0.15) is 0 Å². The smallest absolute Gasteiger partial charge is 0.326 e. The van der Waals surface area contributed by atoms with Crippen molar-refractivity contribution >= 4 is 35.5 Å². The highest BCUT2D eigenvalue weighted by atomic mass is 16.4. The molecule has 3 unspecified atom stereocenters. The van der Waals surface area contributed by atoms with Crippen molar-refractivity contribution in [1.29, 1.82) is 0 Å². The van der Waals surface area contributed by atoms with E-state index in [0.29, 0.717) is 44.3 Å². The van der Waals surface area contributed by atoms with Crippen LogP contribution < -0.4 is 38.1 Å². The van der Waals surface area contributed by atoms with E-state index in [9.17, 15) is 33.9 Å². The molecule has 0 saturated carbocycles. The third kappa shape index (κ3) is 14.8. The summed E-state index contributed by atoms with van der Waals surface area (Å²) < 4.78 is 0. The fourth-order valence-electron chi connectivity index (χ4n) is 3.84. The summed E-state index contributed by atoms with van der Waals surface area (Å²) in [4.78, 5) is 73.7. The van der Waals surface area contributed by atoms with E-state index in [1.165, 1.54) is 0 Å². The zero-order valence-electron chi connectivity index (χ0n) is 23.5. The topological polar surface area (TPSA) is 235 Å². The number of nitrogens with two attached hydrogens (primary N) is 2. The molecule has 0 aliphatic heterocycles. The fourth-order valence-corrected chi connectivity index (χ4v) is 3.84. The standard InChI is InChI=1S/C28H41N7O7/c1-2-23(36)33-20(12-6-8-14-29)26(39)31-18-25(38)35-22(16-19-10-4-3-5-11-19)27(40)32-17-24(37)34-21(28(41)42)13-7-9-15-30/h1,3-5,10-11,20-22H,6-9,12-18,29-30H2,(H,31,39)(H,32,40)(H,33,36)(H,34,37)(H,35,38)(H,41,42). The van der Waals surface area contributed by atoms with Gasteiger partial charge in [0, 0.05) is 6.42 Å². The van der Waals surface area contributed by atoms with E-state index in [1.54, 1.807) is 30.3 Å². The maximum Gasteiger partial charge on any atom is 0.326 e. The molecule has 1 aromatic rings. The minimum atomic E-state index is -1.21. The molecule has 42 heavy (non-hydrogen) atoms. The first-order chi connectivity index (χ1) is 20.1. The van der Waals surface area contributed by atoms with Gasteiger partial charge in [-0.1, -0.05) is 30.3 Å². The Bertz CT molecular complexity index is 1090. The van der Waals surface area contributed by atoms with E-state index in [2.05, 4.69) is 26.6 Å². The Balaban J connectivity index is 2.80. The van der Waals surface area contributed by atoms with Gasteiger partial charge in [0.05, 0.1) is 13.1 Å². The number of carboxylic acid groups (broad SMARTS) is 1. The first-order valence-electron chi connectivity index (χ1n) is 13.7. The third-order valence-electron chi connectivity index (χ3n) is 6.06. The van der Waals surface area contributed by atoms with Crippen LogP contribution in [0.4, 0.5) is 0 Å². The molecule has 0 aliphatic carbocycles. The molecule has 5 amide bonds. The lowest BCUT2D eigenvalue weighted by molar-refractivity contribution is -0.142. The Morgan fingerprint density at radius 1 is 0.738 bits per heavy atom. The van der Waals surface area contributed by atoms with Crippen molar-refractivity contribution in [3.05, 3.63) is 35.9 Å². The molecule has 0 spiro atoms. The predicted molar refractivity (Wildman–Crippen MR) is 154 cm³/mol. The number of nitrogens with one attached hydrogen (secondary N) is 5. The van der Waals surface area contributed by atoms with Crippen LogP contribution in [0.5, 0.6) is 0 Å². The summed E-state index contributed by atoms with van der Waals surface area (Å²) in [6.45, 7) is -0.218. The van der Waals surface area contributed by atoms with Gasteiger partial charge in [0.2, 0.25) is 23.6 Å². The number of aliphatic carboxylic acids is 1. The van der Waals surface area contributed by atoms with Crippen molar-refractivity contribution in [1.82, 2.24) is 26.6 Å². The van der Waals surface area contributed by atoms with Gasteiger partial charge in [-0.25, -0.2) is 4.79 Å². The van der Waals surface area contributed by atoms with Crippen LogP contribution in [0, 0.1) is 12.3 Å². The van der Waals surface area contributed by atoms with E-state index in [0.717, 1.165) is 0 Å². The maximum absolute atomic E-state index is 13.0. The molecule has 230 valence electrons. The van der Waals surface area contributed by atoms with Crippen molar-refractivity contribution in [3.8, 4) is 12.3 Å². The van der Waals surface area contributed by atoms with Crippen LogP contribution in [0.2, 0.25) is 0 Å². The number of hydrogen-bond acceptors (Lipinski definition) is 8. The Morgan fingerprint density at radius 3 is 1.74 bits per heavy atom. The molecular formula is C28H41N7O7. The van der Waals surface area contributed by atoms with Crippen molar-refractivity contribution < 1.29 is 33.9 Å². The SMILES string of the molecule is C#CC(=O)NC(CCCCN)C(=O)NCC(=O)NC(Cc1ccccc1)C(=O)NCC(=O)NC(CCCCN)C(=O)O. The molecule has 0 heterocycles. The van der Waals surface area contributed by atoms with Crippen molar-refractivity contribution in [3.63, 3.8) is 0 Å². The molecule has 0 aromatic heterocycles. The number of hydrogen-bond donors (Lipinski definition) is 8. The molecule has 1 rings (SSSR count). The van der Waals surface area contributed by atoms with Gasteiger partial charge in [-0.15, -0.1) is 6.42 Å². The van der Waals surface area contributed by atoms with Crippen LogP contribution in [0.25, 0.3) is 0 Å². The largest absolute Gasteiger partial charge is 0.480 e. The van der Waals surface area contributed by atoms with Crippen molar-refractivity contribution in [2.45, 2.75) is 63.1 Å². The van der Waals surface area contributed by atoms with Crippen LogP contribution >= 0.6 is 0 Å². The Labute approximate surface area is 245 Å². The summed E-state index contributed by atoms with van der Waals surface area (Å²) in [6.07, 6.45) is 7.87. The number of amides is 5. The molecule has 0 radical (unpaired) electrons. The van der Waals surface area contributed by atoms with E-state index in [1.807, 2.05) is 5.92 Å². The van der Waals surface area contributed by atoms with Crippen LogP contribution in [0.15, 0.2) is 30.3 Å². The zero-order chi connectivity index (χ0) is 31.3. The number of rotatable bonds is 20. The second-order valence-corrected chi connectivity index (χ2v) is 9.44. The van der Waals surface area contributed by atoms with E-state index < -0.39 is 66.7 Å². The molecule has 1 aromatic carbocycles. The van der Waals surface area contributed by atoms with Gasteiger partial charge >= 0.3 is 5.97 Å². The molecule has 0 bridgehead atoms. The Hall–Kier alpha value is -4.48. The number of terminal acetylenes is 1. The van der Waals surface area contributed by atoms with E-state index in [4.69, 9.17) is 17.9 Å². The highest BCUT2D eigenvalue weighted by Gasteiger charge is 2.25. The van der Waals surface area contributed by atoms with Crippen LogP contribution in [0.1, 0.15) is 44.1 Å². The van der Waals surface area contributed by atoms with Gasteiger partial charge in [-0.05, 0) is 63.1 Å². The summed E-state index contributed by atoms with van der Waals surface area (Å²) in [6, 6.07) is 5.57. The lowest BCUT2D eigenvalue weighted by Crippen LogP contribution is -2.54. The Morgan fingerprint density at radius 2 is 1.24 bits per heavy atom. The number of carbonyl (C=O) groups is 6. The summed E-state index contributed by atoms with van der Waals surface area (Å²) >= 11 is 0. The molecular weight excluding hydrogens is 546 g/mol. The van der Waals surface area contributed by atoms with Crippen molar-refractivity contribution in [2.75, 3.05) is 26.2 Å². The third-order valence-corrected chi connectivity index (χ3v) is 6.06. The quantitative estimate of drug-likeness (QED) is 0.0615. The van der Waals surface area contributed by atoms with Gasteiger partial charge in [-0.3, -0.25) is 24.0 Å². The molecule has 0 fully saturated rings. The first kappa shape index (κ1) is 35.5. The van der Waals surface area contributed by atoms with Gasteiger partial charge in [0.15, 0.2) is 0 Å². The summed E-state index contributed by atoms with van der Waals surface area (Å²) in [5.74, 6) is -2.84. The minimum absolute atomic E-state index is 0.0742. The van der Waals surface area contributed by atoms with Crippen LogP contribution in [-0.2, 0) is 35.2 Å². The predicted octanol–water partition coefficient (Wildman–Crippen LogP) is -2.11. The average Bonchev–Trinajstić information content (AvgIpc) is 2.97. The highest BCUT2D eigenvalue weighted by molar-refractivity contribution is 5.97. The molecule has 0 aliphatic rings. The molecule has 3 atom stereocenters. The first-order valence-corrected chi connectivity index (χ1v) is 13.7. The van der Waals surface area contributed by atoms with E-state index in [-0.39, 0.29) is 19.3 Å². The second kappa shape index (κ2) is 20.4. The lowest BCUT2D eigenvalue weighted by Gasteiger charge is -2.20. The number of carbonyl (C=O) groups excluding carboxylic acids is 5. The monoisotopic (exact) mass is 587 g/mol. The molecule has 14 nitrogen and oxygen atoms in total. The van der Waals surface area contributed by atoms with Gasteiger partial charge in [0.1, 0.15) is 18.1 Å². The Kier molecular flexibility index (Phi) is 17.3. The van der Waals surface area contributed by atoms with Crippen molar-refractivity contribution in [2.24, 2.45) is 11.5 Å². The minimum Gasteiger partial charge on any atom is -0.480 e. The molecule has 10 N–H and O–H groups in total. The van der Waals surface area contributed by atoms with Crippen LogP contribution in [0.3, 0.4) is 0 Å². The maximum atomic E-state index is 13.0. The number of unbranched alkanes of at least 4 members (excludes halogenated alkanes) is 2. The highest BCUT2D eigenvalue weighted by Crippen LogP contribution is 2.05. The zero-order valence-corrected chi connectivity index (χ0v) is 23.5. The molecule has 0 saturated heterocycles. The molecule has 14 heteroatoms.